The number of aryl methyl sites for hydroxylation is 2. The molecule has 1 amide bonds. The van der Waals surface area contributed by atoms with E-state index in [0.29, 0.717) is 33.6 Å². The number of hydrogen-bond donors (Lipinski definition) is 4. The third-order valence-electron chi connectivity index (χ3n) is 6.91. The van der Waals surface area contributed by atoms with Crippen LogP contribution in [0.3, 0.4) is 0 Å². The molecule has 2 atom stereocenters. The van der Waals surface area contributed by atoms with Gasteiger partial charge in [-0.25, -0.2) is 14.8 Å². The molecule has 6 N–H and O–H groups in total. The Bertz CT molecular complexity index is 1680. The SMILES string of the molecule is Cc1ccc2nc(NC(=O)COc3ccc4c(C)c(Cl)c(=O)oc4c3)nc(NC3CCCCC3N=C(N)N)c2c1. The summed E-state index contributed by atoms with van der Waals surface area (Å²) in [6.45, 7) is 3.42. The van der Waals surface area contributed by atoms with Crippen LogP contribution in [0, 0.1) is 13.8 Å². The maximum Gasteiger partial charge on any atom is 0.355 e. The van der Waals surface area contributed by atoms with Crippen molar-refractivity contribution in [3.05, 3.63) is 63.0 Å². The first-order valence-electron chi connectivity index (χ1n) is 13.0. The monoisotopic (exact) mass is 563 g/mol. The van der Waals surface area contributed by atoms with Gasteiger partial charge in [0.25, 0.3) is 5.91 Å². The van der Waals surface area contributed by atoms with Gasteiger partial charge in [0, 0.05) is 16.8 Å². The number of nitrogens with zero attached hydrogens (tertiary/aromatic N) is 3. The van der Waals surface area contributed by atoms with Crippen molar-refractivity contribution in [1.82, 2.24) is 9.97 Å². The largest absolute Gasteiger partial charge is 0.484 e. The molecule has 40 heavy (non-hydrogen) atoms. The highest BCUT2D eigenvalue weighted by Crippen LogP contribution is 2.29. The van der Waals surface area contributed by atoms with Crippen LogP contribution in [0.2, 0.25) is 5.02 Å². The first-order valence-corrected chi connectivity index (χ1v) is 13.3. The number of hydrogen-bond acceptors (Lipinski definition) is 8. The number of aromatic nitrogens is 2. The molecule has 1 saturated carbocycles. The van der Waals surface area contributed by atoms with Gasteiger partial charge >= 0.3 is 5.63 Å². The van der Waals surface area contributed by atoms with E-state index in [0.717, 1.165) is 36.6 Å². The van der Waals surface area contributed by atoms with Crippen LogP contribution in [0.4, 0.5) is 11.8 Å². The van der Waals surface area contributed by atoms with Gasteiger partial charge in [0.1, 0.15) is 22.2 Å². The Kier molecular flexibility index (Phi) is 7.74. The summed E-state index contributed by atoms with van der Waals surface area (Å²) < 4.78 is 10.9. The smallest absolute Gasteiger partial charge is 0.355 e. The van der Waals surface area contributed by atoms with Crippen molar-refractivity contribution in [1.29, 1.82) is 0 Å². The zero-order valence-electron chi connectivity index (χ0n) is 22.2. The molecule has 1 aliphatic rings. The van der Waals surface area contributed by atoms with E-state index in [2.05, 4.69) is 25.6 Å². The highest BCUT2D eigenvalue weighted by Gasteiger charge is 2.26. The fourth-order valence-electron chi connectivity index (χ4n) is 4.92. The van der Waals surface area contributed by atoms with E-state index in [1.54, 1.807) is 25.1 Å². The van der Waals surface area contributed by atoms with Crippen LogP contribution in [-0.4, -0.2) is 40.5 Å². The number of carbonyl (C=O) groups excluding carboxylic acids is 1. The Labute approximate surface area is 235 Å². The molecule has 12 heteroatoms. The lowest BCUT2D eigenvalue weighted by atomic mass is 9.90. The van der Waals surface area contributed by atoms with Crippen LogP contribution in [0.15, 0.2) is 50.6 Å². The molecule has 2 aromatic heterocycles. The number of nitrogens with two attached hydrogens (primary N) is 2. The zero-order chi connectivity index (χ0) is 28.4. The predicted octanol–water partition coefficient (Wildman–Crippen LogP) is 4.02. The summed E-state index contributed by atoms with van der Waals surface area (Å²) in [6, 6.07) is 10.7. The van der Waals surface area contributed by atoms with Gasteiger partial charge in [0.05, 0.1) is 17.6 Å². The van der Waals surface area contributed by atoms with Crippen molar-refractivity contribution in [2.45, 2.75) is 51.6 Å². The van der Waals surface area contributed by atoms with Gasteiger partial charge in [-0.05, 0) is 56.5 Å². The van der Waals surface area contributed by atoms with E-state index in [1.807, 2.05) is 25.1 Å². The third kappa shape index (κ3) is 5.94. The fourth-order valence-corrected chi connectivity index (χ4v) is 5.06. The van der Waals surface area contributed by atoms with E-state index >= 15 is 0 Å². The fraction of sp³-hybridized carbons (Fsp3) is 0.321. The molecule has 1 aliphatic carbocycles. The molecule has 208 valence electrons. The minimum absolute atomic E-state index is 0.0205. The van der Waals surface area contributed by atoms with Gasteiger partial charge < -0.3 is 25.9 Å². The van der Waals surface area contributed by atoms with Gasteiger partial charge in [0.15, 0.2) is 12.6 Å². The van der Waals surface area contributed by atoms with Gasteiger partial charge in [-0.1, -0.05) is 36.1 Å². The molecule has 2 unspecified atom stereocenters. The number of carbonyl (C=O) groups is 1. The minimum Gasteiger partial charge on any atom is -0.484 e. The van der Waals surface area contributed by atoms with E-state index in [1.165, 1.54) is 0 Å². The van der Waals surface area contributed by atoms with Crippen molar-refractivity contribution in [3.8, 4) is 5.75 Å². The van der Waals surface area contributed by atoms with E-state index in [9.17, 15) is 9.59 Å². The summed E-state index contributed by atoms with van der Waals surface area (Å²) in [5.74, 6) is 0.681. The lowest BCUT2D eigenvalue weighted by Crippen LogP contribution is -2.38. The van der Waals surface area contributed by atoms with Crippen molar-refractivity contribution in [3.63, 3.8) is 0 Å². The summed E-state index contributed by atoms with van der Waals surface area (Å²) in [6.07, 6.45) is 3.83. The average molecular weight is 564 g/mol. The number of anilines is 2. The first kappa shape index (κ1) is 27.2. The molecule has 0 radical (unpaired) electrons. The number of ether oxygens (including phenoxy) is 1. The molecule has 0 aliphatic heterocycles. The maximum atomic E-state index is 12.8. The summed E-state index contributed by atoms with van der Waals surface area (Å²) in [5, 5.41) is 7.78. The highest BCUT2D eigenvalue weighted by molar-refractivity contribution is 6.31. The lowest BCUT2D eigenvalue weighted by Gasteiger charge is -2.30. The molecular weight excluding hydrogens is 534 g/mol. The lowest BCUT2D eigenvalue weighted by molar-refractivity contribution is -0.118. The number of rotatable bonds is 7. The number of amides is 1. The van der Waals surface area contributed by atoms with Crippen molar-refractivity contribution in [2.24, 2.45) is 16.5 Å². The van der Waals surface area contributed by atoms with Crippen molar-refractivity contribution < 1.29 is 13.9 Å². The highest BCUT2D eigenvalue weighted by atomic mass is 35.5. The molecular formula is C28H30ClN7O4. The van der Waals surface area contributed by atoms with Crippen LogP contribution < -0.4 is 32.5 Å². The van der Waals surface area contributed by atoms with Gasteiger partial charge in [0.2, 0.25) is 5.95 Å². The van der Waals surface area contributed by atoms with E-state index in [-0.39, 0.29) is 35.6 Å². The quantitative estimate of drug-likeness (QED) is 0.147. The standard InChI is InChI=1S/C28H30ClN7O4/c1-14-7-10-19-18(11-14)25(32-20-5-3-4-6-21(20)33-27(30)31)36-28(34-19)35-23(37)13-39-16-8-9-17-15(2)24(29)26(38)40-22(17)12-16/h7-12,20-21H,3-6,13H2,1-2H3,(H4,30,31,33)(H2,32,34,35,36,37). The number of nitrogens with one attached hydrogen (secondary N) is 2. The van der Waals surface area contributed by atoms with Gasteiger partial charge in [-0.2, -0.15) is 4.98 Å². The van der Waals surface area contributed by atoms with Crippen molar-refractivity contribution in [2.75, 3.05) is 17.2 Å². The second-order valence-corrected chi connectivity index (χ2v) is 10.3. The van der Waals surface area contributed by atoms with Crippen LogP contribution in [0.1, 0.15) is 36.8 Å². The summed E-state index contributed by atoms with van der Waals surface area (Å²) in [7, 11) is 0. The van der Waals surface area contributed by atoms with Crippen LogP contribution in [-0.2, 0) is 4.79 Å². The number of fused-ring (bicyclic) bond motifs is 2. The Morgan fingerprint density at radius 3 is 2.73 bits per heavy atom. The molecule has 1 fully saturated rings. The average Bonchev–Trinajstić information content (AvgIpc) is 2.91. The zero-order valence-corrected chi connectivity index (χ0v) is 22.9. The van der Waals surface area contributed by atoms with Gasteiger partial charge in [-0.15, -0.1) is 0 Å². The first-order chi connectivity index (χ1) is 19.2. The summed E-state index contributed by atoms with van der Waals surface area (Å²) in [4.78, 5) is 38.3. The molecule has 0 bridgehead atoms. The number of guanidine groups is 1. The maximum absolute atomic E-state index is 12.8. The molecule has 11 nitrogen and oxygen atoms in total. The predicted molar refractivity (Wildman–Crippen MR) is 156 cm³/mol. The second-order valence-electron chi connectivity index (χ2n) is 9.90. The summed E-state index contributed by atoms with van der Waals surface area (Å²) >= 11 is 5.99. The third-order valence-corrected chi connectivity index (χ3v) is 7.34. The molecule has 4 aromatic rings. The second kappa shape index (κ2) is 11.4. The molecule has 2 heterocycles. The van der Waals surface area contributed by atoms with Crippen LogP contribution >= 0.6 is 11.6 Å². The number of benzene rings is 2. The van der Waals surface area contributed by atoms with Crippen LogP contribution in [0.25, 0.3) is 21.9 Å². The molecule has 0 spiro atoms. The van der Waals surface area contributed by atoms with Gasteiger partial charge in [-0.3, -0.25) is 10.1 Å². The molecule has 5 rings (SSSR count). The molecule has 0 saturated heterocycles. The number of halogens is 1. The Balaban J connectivity index is 1.35. The minimum atomic E-state index is -0.632. The van der Waals surface area contributed by atoms with E-state index in [4.69, 9.17) is 32.2 Å². The Morgan fingerprint density at radius 2 is 1.93 bits per heavy atom. The summed E-state index contributed by atoms with van der Waals surface area (Å²) in [5.41, 5.74) is 13.4. The Morgan fingerprint density at radius 1 is 1.12 bits per heavy atom. The number of aliphatic imine (C=N–C) groups is 1. The van der Waals surface area contributed by atoms with Crippen LogP contribution in [0.5, 0.6) is 5.75 Å². The topological polar surface area (TPSA) is 171 Å². The van der Waals surface area contributed by atoms with Crippen molar-refractivity contribution >= 4 is 57.1 Å². The van der Waals surface area contributed by atoms with E-state index < -0.39 is 11.5 Å². The molecule has 2 aromatic carbocycles. The Hall–Kier alpha value is -4.38. The normalized spacial score (nSPS) is 17.0.